The summed E-state index contributed by atoms with van der Waals surface area (Å²) in [7, 11) is -7.47. The molecule has 0 aromatic carbocycles. The molecule has 8 nitrogen and oxygen atoms in total. The lowest BCUT2D eigenvalue weighted by atomic mass is 9.79. The fourth-order valence-corrected chi connectivity index (χ4v) is 9.39. The molecule has 0 aromatic rings. The molecule has 1 aliphatic rings. The Bertz CT molecular complexity index is 533. The number of hydrogen-bond acceptors (Lipinski definition) is 8. The molecule has 0 bridgehead atoms. The van der Waals surface area contributed by atoms with Gasteiger partial charge in [-0.15, -0.1) is 0 Å². The van der Waals surface area contributed by atoms with Crippen molar-refractivity contribution in [3.8, 4) is 0 Å². The van der Waals surface area contributed by atoms with Crippen molar-refractivity contribution >= 4 is 15.2 Å². The van der Waals surface area contributed by atoms with Crippen molar-refractivity contribution in [3.63, 3.8) is 0 Å². The van der Waals surface area contributed by atoms with Crippen LogP contribution < -0.4 is 10.6 Å². The van der Waals surface area contributed by atoms with Crippen LogP contribution in [0.15, 0.2) is 0 Å². The van der Waals surface area contributed by atoms with Crippen LogP contribution >= 0.6 is 15.2 Å². The van der Waals surface area contributed by atoms with Gasteiger partial charge in [0.05, 0.1) is 26.4 Å². The van der Waals surface area contributed by atoms with Crippen molar-refractivity contribution in [2.24, 2.45) is 0 Å². The van der Waals surface area contributed by atoms with Gasteiger partial charge >= 0.3 is 15.2 Å². The van der Waals surface area contributed by atoms with Crippen LogP contribution in [0.3, 0.4) is 0 Å². The summed E-state index contributed by atoms with van der Waals surface area (Å²) in [5, 5.41) is 6.08. The molecule has 1 heterocycles. The van der Waals surface area contributed by atoms with Crippen LogP contribution in [-0.2, 0) is 27.2 Å². The lowest BCUT2D eigenvalue weighted by Crippen LogP contribution is -2.62. The maximum Gasteiger partial charge on any atom is 0.347 e. The van der Waals surface area contributed by atoms with E-state index in [4.69, 9.17) is 18.1 Å². The van der Waals surface area contributed by atoms with Gasteiger partial charge in [0.25, 0.3) is 0 Å². The van der Waals surface area contributed by atoms with Crippen molar-refractivity contribution in [1.29, 1.82) is 0 Å². The van der Waals surface area contributed by atoms with Crippen LogP contribution in [0.2, 0.25) is 0 Å². The van der Waals surface area contributed by atoms with Gasteiger partial charge in [0.2, 0.25) is 0 Å². The summed E-state index contributed by atoms with van der Waals surface area (Å²) in [6.07, 6.45) is 1.76. The highest BCUT2D eigenvalue weighted by atomic mass is 31.2. The molecule has 0 radical (unpaired) electrons. The van der Waals surface area contributed by atoms with Gasteiger partial charge < -0.3 is 28.7 Å². The lowest BCUT2D eigenvalue weighted by Gasteiger charge is -2.47. The third-order valence-electron chi connectivity index (χ3n) is 4.75. The van der Waals surface area contributed by atoms with Gasteiger partial charge in [-0.25, -0.2) is 0 Å². The molecule has 0 aromatic heterocycles. The molecule has 174 valence electrons. The molecule has 0 saturated carbocycles. The molecule has 1 aliphatic heterocycles. The van der Waals surface area contributed by atoms with E-state index >= 15 is 0 Å². The van der Waals surface area contributed by atoms with Gasteiger partial charge in [-0.2, -0.15) is 0 Å². The quantitative estimate of drug-likeness (QED) is 0.384. The second-order valence-electron chi connectivity index (χ2n) is 8.64. The van der Waals surface area contributed by atoms with Gasteiger partial charge in [0.15, 0.2) is 5.40 Å². The predicted octanol–water partition coefficient (Wildman–Crippen LogP) is 4.74. The van der Waals surface area contributed by atoms with E-state index in [0.29, 0.717) is 0 Å². The largest absolute Gasteiger partial charge is 0.347 e. The number of hydrogen-bond donors (Lipinski definition) is 2. The summed E-state index contributed by atoms with van der Waals surface area (Å²) in [4.78, 5) is 0. The molecular formula is C19H42N2O6P2. The van der Waals surface area contributed by atoms with E-state index < -0.39 is 20.6 Å². The highest BCUT2D eigenvalue weighted by molar-refractivity contribution is 7.72. The zero-order valence-corrected chi connectivity index (χ0v) is 21.2. The third-order valence-corrected chi connectivity index (χ3v) is 10.7. The SMILES string of the molecule is CCOP(=O)(OCC)C(CNC1CC(C)(C)NC(C)(C)C1)P(=O)(OCC)OCC. The van der Waals surface area contributed by atoms with E-state index in [1.165, 1.54) is 0 Å². The van der Waals surface area contributed by atoms with Crippen molar-refractivity contribution in [2.75, 3.05) is 33.0 Å². The second-order valence-corrected chi connectivity index (χ2v) is 13.5. The van der Waals surface area contributed by atoms with Gasteiger partial charge in [-0.05, 0) is 68.2 Å². The van der Waals surface area contributed by atoms with E-state index in [2.05, 4.69) is 38.3 Å². The Morgan fingerprint density at radius 1 is 0.828 bits per heavy atom. The molecule has 0 atom stereocenters. The van der Waals surface area contributed by atoms with Crippen molar-refractivity contribution < 1.29 is 27.2 Å². The van der Waals surface area contributed by atoms with Crippen LogP contribution in [0.5, 0.6) is 0 Å². The van der Waals surface area contributed by atoms with Gasteiger partial charge in [0.1, 0.15) is 0 Å². The minimum Gasteiger partial charge on any atom is -0.312 e. The average molecular weight is 457 g/mol. The maximum absolute atomic E-state index is 13.6. The summed E-state index contributed by atoms with van der Waals surface area (Å²) in [6, 6.07) is 0.150. The minimum absolute atomic E-state index is 0.0536. The van der Waals surface area contributed by atoms with Crippen molar-refractivity contribution in [1.82, 2.24) is 10.6 Å². The van der Waals surface area contributed by atoms with E-state index in [0.717, 1.165) is 12.8 Å². The Morgan fingerprint density at radius 3 is 1.48 bits per heavy atom. The Kier molecular flexibility index (Phi) is 10.5. The van der Waals surface area contributed by atoms with Crippen LogP contribution in [0.4, 0.5) is 0 Å². The van der Waals surface area contributed by atoms with Gasteiger partial charge in [-0.3, -0.25) is 9.13 Å². The van der Waals surface area contributed by atoms with Gasteiger partial charge in [0, 0.05) is 23.7 Å². The van der Waals surface area contributed by atoms with Crippen molar-refractivity contribution in [2.45, 2.75) is 90.8 Å². The Morgan fingerprint density at radius 2 is 1.17 bits per heavy atom. The minimum atomic E-state index is -3.73. The normalized spacial score (nSPS) is 20.3. The lowest BCUT2D eigenvalue weighted by molar-refractivity contribution is 0.145. The Balaban J connectivity index is 3.17. The van der Waals surface area contributed by atoms with Gasteiger partial charge in [-0.1, -0.05) is 0 Å². The number of rotatable bonds is 13. The first-order valence-corrected chi connectivity index (χ1v) is 13.9. The Hall–Kier alpha value is 0.220. The fraction of sp³-hybridized carbons (Fsp3) is 1.00. The molecule has 0 aliphatic carbocycles. The highest BCUT2D eigenvalue weighted by Crippen LogP contribution is 2.70. The predicted molar refractivity (Wildman–Crippen MR) is 118 cm³/mol. The highest BCUT2D eigenvalue weighted by Gasteiger charge is 2.51. The molecule has 2 N–H and O–H groups in total. The third kappa shape index (κ3) is 8.01. The molecule has 0 unspecified atom stereocenters. The molecule has 0 amide bonds. The monoisotopic (exact) mass is 456 g/mol. The second kappa shape index (κ2) is 11.2. The first kappa shape index (κ1) is 27.3. The molecule has 1 rings (SSSR count). The van der Waals surface area contributed by atoms with Crippen molar-refractivity contribution in [3.05, 3.63) is 0 Å². The summed E-state index contributed by atoms with van der Waals surface area (Å²) in [5.74, 6) is 0. The fourth-order valence-electron chi connectivity index (χ4n) is 4.27. The Labute approximate surface area is 177 Å². The van der Waals surface area contributed by atoms with Crippen LogP contribution in [0.1, 0.15) is 68.2 Å². The van der Waals surface area contributed by atoms with E-state index in [1.54, 1.807) is 27.7 Å². The number of nitrogens with one attached hydrogen (secondary N) is 2. The van der Waals surface area contributed by atoms with E-state index in [9.17, 15) is 9.13 Å². The first-order chi connectivity index (χ1) is 13.4. The molecule has 0 spiro atoms. The molecule has 1 fully saturated rings. The standard InChI is InChI=1S/C19H42N2O6P2/c1-9-24-28(22,25-10-2)17(29(23,26-11-3)27-12-4)15-20-16-13-18(5,6)21-19(7,8)14-16/h16-17,20-21H,9-15H2,1-8H3. The average Bonchev–Trinajstić information content (AvgIpc) is 2.52. The van der Waals surface area contributed by atoms with E-state index in [1.807, 2.05) is 0 Å². The summed E-state index contributed by atoms with van der Waals surface area (Å²) in [6.45, 7) is 16.5. The summed E-state index contributed by atoms with van der Waals surface area (Å²) in [5.41, 5.74) is -0.107. The molecule has 10 heteroatoms. The maximum atomic E-state index is 13.6. The first-order valence-electron chi connectivity index (χ1n) is 10.7. The zero-order valence-electron chi connectivity index (χ0n) is 19.4. The van der Waals surface area contributed by atoms with Crippen LogP contribution in [-0.4, -0.2) is 55.5 Å². The molecular weight excluding hydrogens is 414 g/mol. The van der Waals surface area contributed by atoms with Crippen LogP contribution in [0.25, 0.3) is 0 Å². The summed E-state index contributed by atoms with van der Waals surface area (Å²) >= 11 is 0. The van der Waals surface area contributed by atoms with E-state index in [-0.39, 0.29) is 50.1 Å². The molecule has 1 saturated heterocycles. The number of piperidine rings is 1. The zero-order chi connectivity index (χ0) is 22.3. The van der Waals surface area contributed by atoms with Crippen LogP contribution in [0, 0.1) is 0 Å². The summed E-state index contributed by atoms with van der Waals surface area (Å²) < 4.78 is 49.4. The smallest absolute Gasteiger partial charge is 0.312 e. The topological polar surface area (TPSA) is 95.1 Å². The molecule has 29 heavy (non-hydrogen) atoms.